The molecule has 0 unspecified atom stereocenters. The van der Waals surface area contributed by atoms with E-state index in [1.165, 1.54) is 13.4 Å². The van der Waals surface area contributed by atoms with E-state index in [0.29, 0.717) is 42.0 Å². The molecule has 13 nitrogen and oxygen atoms in total. The molecule has 216 valence electrons. The number of nitrogens with one attached hydrogen (secondary N) is 3. The van der Waals surface area contributed by atoms with Crippen molar-refractivity contribution >= 4 is 57.5 Å². The largest absolute Gasteiger partial charge is 0.462 e. The number of methoxy groups -OCH3 is 1. The van der Waals surface area contributed by atoms with Crippen molar-refractivity contribution in [3.05, 3.63) is 44.7 Å². The van der Waals surface area contributed by atoms with Crippen LogP contribution in [0.5, 0.6) is 0 Å². The highest BCUT2D eigenvalue weighted by molar-refractivity contribution is 7.17. The van der Waals surface area contributed by atoms with Crippen LogP contribution in [0.2, 0.25) is 10.0 Å². The van der Waals surface area contributed by atoms with Gasteiger partial charge in [-0.3, -0.25) is 9.59 Å². The van der Waals surface area contributed by atoms with Gasteiger partial charge >= 0.3 is 5.97 Å². The number of carbonyl (C=O) groups is 3. The highest BCUT2D eigenvalue weighted by Crippen LogP contribution is 2.33. The number of ether oxygens (including phenoxy) is 2. The van der Waals surface area contributed by atoms with Gasteiger partial charge in [-0.1, -0.05) is 34.5 Å². The molecule has 1 fully saturated rings. The fraction of sp³-hybridized carbons (Fsp3) is 0.500. The first-order valence-electron chi connectivity index (χ1n) is 12.6. The van der Waals surface area contributed by atoms with Gasteiger partial charge in [-0.25, -0.2) is 19.4 Å². The van der Waals surface area contributed by atoms with Crippen LogP contribution in [-0.4, -0.2) is 88.0 Å². The number of rotatable bonds is 10. The molecule has 0 spiro atoms. The van der Waals surface area contributed by atoms with E-state index in [0.717, 1.165) is 11.3 Å². The lowest BCUT2D eigenvalue weighted by Gasteiger charge is -2.38. The summed E-state index contributed by atoms with van der Waals surface area (Å²) in [5, 5.41) is 11.1. The fourth-order valence-corrected chi connectivity index (χ4v) is 5.82. The standard InChI is InChI=1S/C24H30Cl2N8O5S/c1-5-39-23(37)20-19(22(36)29-12(2)9-38-4)32-24(40-20)33-7-6-14(15(8-33)34-11-27-10-28-34)31-21(35)18-17(26)16(25)13(3)30-18/h10-12,14-15,30H,5-9H2,1-4H3,(H,29,36)(H,31,35)/t12-,14-,15+/m0/s1. The summed E-state index contributed by atoms with van der Waals surface area (Å²) in [5.74, 6) is -1.52. The summed E-state index contributed by atoms with van der Waals surface area (Å²) in [4.78, 5) is 52.4. The number of esters is 1. The van der Waals surface area contributed by atoms with Gasteiger partial charge in [-0.2, -0.15) is 5.10 Å². The summed E-state index contributed by atoms with van der Waals surface area (Å²) in [7, 11) is 1.54. The van der Waals surface area contributed by atoms with E-state index < -0.39 is 17.8 Å². The van der Waals surface area contributed by atoms with Gasteiger partial charge in [-0.05, 0) is 27.2 Å². The van der Waals surface area contributed by atoms with Gasteiger partial charge in [0.1, 0.15) is 23.2 Å². The molecule has 3 aromatic rings. The van der Waals surface area contributed by atoms with Crippen molar-refractivity contribution in [2.75, 3.05) is 38.3 Å². The average molecular weight is 614 g/mol. The lowest BCUT2D eigenvalue weighted by Crippen LogP contribution is -2.52. The number of aromatic nitrogens is 5. The number of H-pyrrole nitrogens is 1. The number of thiazole rings is 1. The monoisotopic (exact) mass is 612 g/mol. The second-order valence-corrected chi connectivity index (χ2v) is 11.0. The molecule has 0 radical (unpaired) electrons. The summed E-state index contributed by atoms with van der Waals surface area (Å²) in [6.07, 6.45) is 3.48. The summed E-state index contributed by atoms with van der Waals surface area (Å²) in [6.45, 7) is 6.51. The zero-order chi connectivity index (χ0) is 29.0. The topological polar surface area (TPSA) is 156 Å². The average Bonchev–Trinajstić information content (AvgIpc) is 3.66. The number of aromatic amines is 1. The van der Waals surface area contributed by atoms with E-state index >= 15 is 0 Å². The van der Waals surface area contributed by atoms with Gasteiger partial charge in [-0.15, -0.1) is 0 Å². The van der Waals surface area contributed by atoms with Crippen LogP contribution in [-0.2, 0) is 9.47 Å². The Hall–Kier alpha value is -3.20. The summed E-state index contributed by atoms with van der Waals surface area (Å²) in [5.41, 5.74) is 0.765. The van der Waals surface area contributed by atoms with Crippen LogP contribution in [0.15, 0.2) is 12.7 Å². The molecule has 0 aromatic carbocycles. The smallest absolute Gasteiger partial charge is 0.350 e. The Kier molecular flexibility index (Phi) is 9.66. The Morgan fingerprint density at radius 2 is 2.05 bits per heavy atom. The van der Waals surface area contributed by atoms with Crippen LogP contribution >= 0.6 is 34.5 Å². The molecule has 0 aliphatic carbocycles. The van der Waals surface area contributed by atoms with E-state index in [2.05, 4.69) is 30.7 Å². The summed E-state index contributed by atoms with van der Waals surface area (Å²) in [6, 6.07) is -0.980. The van der Waals surface area contributed by atoms with Gasteiger partial charge in [0.15, 0.2) is 10.8 Å². The van der Waals surface area contributed by atoms with E-state index in [1.807, 2.05) is 4.90 Å². The fourth-order valence-electron chi connectivity index (χ4n) is 4.42. The molecule has 4 heterocycles. The maximum atomic E-state index is 13.1. The lowest BCUT2D eigenvalue weighted by atomic mass is 9.99. The Morgan fingerprint density at radius 3 is 2.67 bits per heavy atom. The second-order valence-electron chi connectivity index (χ2n) is 9.23. The molecule has 3 N–H and O–H groups in total. The summed E-state index contributed by atoms with van der Waals surface area (Å²) < 4.78 is 11.9. The molecular formula is C24H30Cl2N8O5S. The van der Waals surface area contributed by atoms with Crippen molar-refractivity contribution in [1.29, 1.82) is 0 Å². The normalized spacial score (nSPS) is 17.9. The number of hydrogen-bond acceptors (Lipinski definition) is 10. The van der Waals surface area contributed by atoms with E-state index in [-0.39, 0.29) is 46.0 Å². The van der Waals surface area contributed by atoms with Gasteiger partial charge in [0.2, 0.25) is 0 Å². The number of halogens is 2. The maximum Gasteiger partial charge on any atom is 0.350 e. The second kappa shape index (κ2) is 13.0. The first-order chi connectivity index (χ1) is 19.1. The summed E-state index contributed by atoms with van der Waals surface area (Å²) >= 11 is 13.5. The highest BCUT2D eigenvalue weighted by Gasteiger charge is 2.36. The number of nitrogens with zero attached hydrogens (tertiary/aromatic N) is 5. The minimum absolute atomic E-state index is 0.0113. The SMILES string of the molecule is CCOC(=O)c1sc(N2CC[C@H](NC(=O)c3[nH]c(C)c(Cl)c3Cl)[C@H](n3cncn3)C2)nc1C(=O)N[C@@H](C)COC. The zero-order valence-corrected chi connectivity index (χ0v) is 24.7. The minimum atomic E-state index is -0.623. The van der Waals surface area contributed by atoms with Crippen molar-refractivity contribution in [2.45, 2.75) is 45.3 Å². The van der Waals surface area contributed by atoms with E-state index in [1.54, 1.807) is 31.8 Å². The number of amides is 2. The Morgan fingerprint density at radius 1 is 1.27 bits per heavy atom. The van der Waals surface area contributed by atoms with Gasteiger partial charge in [0, 0.05) is 31.9 Å². The molecule has 0 bridgehead atoms. The molecule has 40 heavy (non-hydrogen) atoms. The predicted octanol–water partition coefficient (Wildman–Crippen LogP) is 2.87. The zero-order valence-electron chi connectivity index (χ0n) is 22.4. The van der Waals surface area contributed by atoms with Crippen LogP contribution in [0.3, 0.4) is 0 Å². The Bertz CT molecular complexity index is 1360. The van der Waals surface area contributed by atoms with Crippen molar-refractivity contribution < 1.29 is 23.9 Å². The molecular weight excluding hydrogens is 583 g/mol. The molecule has 2 amide bonds. The quantitative estimate of drug-likeness (QED) is 0.293. The molecule has 1 aliphatic rings. The van der Waals surface area contributed by atoms with Gasteiger partial charge in [0.05, 0.1) is 35.3 Å². The van der Waals surface area contributed by atoms with Gasteiger partial charge < -0.3 is 30.0 Å². The van der Waals surface area contributed by atoms with Crippen molar-refractivity contribution in [3.63, 3.8) is 0 Å². The predicted molar refractivity (Wildman–Crippen MR) is 150 cm³/mol. The number of aryl methyl sites for hydroxylation is 1. The van der Waals surface area contributed by atoms with Crippen LogP contribution in [0, 0.1) is 6.92 Å². The molecule has 1 saturated heterocycles. The maximum absolute atomic E-state index is 13.1. The lowest BCUT2D eigenvalue weighted by molar-refractivity contribution is 0.0527. The number of anilines is 1. The van der Waals surface area contributed by atoms with Crippen LogP contribution in [0.25, 0.3) is 0 Å². The molecule has 1 aliphatic heterocycles. The molecule has 3 atom stereocenters. The highest BCUT2D eigenvalue weighted by atomic mass is 35.5. The molecule has 16 heteroatoms. The van der Waals surface area contributed by atoms with Crippen molar-refractivity contribution in [3.8, 4) is 0 Å². The first-order valence-corrected chi connectivity index (χ1v) is 14.1. The number of hydrogen-bond donors (Lipinski definition) is 3. The van der Waals surface area contributed by atoms with Crippen LogP contribution in [0.4, 0.5) is 5.13 Å². The van der Waals surface area contributed by atoms with E-state index in [9.17, 15) is 14.4 Å². The minimum Gasteiger partial charge on any atom is -0.462 e. The molecule has 0 saturated carbocycles. The molecule has 3 aromatic heterocycles. The Labute approximate surface area is 244 Å². The Balaban J connectivity index is 1.58. The number of piperidine rings is 1. The number of carbonyl (C=O) groups excluding carboxylic acids is 3. The first kappa shape index (κ1) is 29.8. The van der Waals surface area contributed by atoms with Gasteiger partial charge in [0.25, 0.3) is 11.8 Å². The van der Waals surface area contributed by atoms with E-state index in [4.69, 9.17) is 32.7 Å². The third-order valence-electron chi connectivity index (χ3n) is 6.31. The van der Waals surface area contributed by atoms with Crippen LogP contribution in [0.1, 0.15) is 62.7 Å². The van der Waals surface area contributed by atoms with Crippen LogP contribution < -0.4 is 15.5 Å². The van der Waals surface area contributed by atoms with Crippen molar-refractivity contribution in [2.24, 2.45) is 0 Å². The third kappa shape index (κ3) is 6.40. The van der Waals surface area contributed by atoms with Crippen molar-refractivity contribution in [1.82, 2.24) is 35.4 Å². The molecule has 4 rings (SSSR count). The third-order valence-corrected chi connectivity index (χ3v) is 8.36.